The van der Waals surface area contributed by atoms with Gasteiger partial charge in [-0.3, -0.25) is 9.59 Å². The molecule has 4 rings (SSSR count). The predicted octanol–water partition coefficient (Wildman–Crippen LogP) is 5.53. The molecule has 4 aromatic rings. The Morgan fingerprint density at radius 3 is 1.50 bits per heavy atom. The number of ether oxygens (including phenoxy) is 3. The highest BCUT2D eigenvalue weighted by atomic mass is 17.2. The minimum atomic E-state index is -0.967. The highest BCUT2D eigenvalue weighted by molar-refractivity contribution is 5.86. The van der Waals surface area contributed by atoms with Gasteiger partial charge in [0.25, 0.3) is 0 Å². The molecule has 0 unspecified atom stereocenters. The number of carbonyl (C=O) groups excluding carboxylic acids is 3. The van der Waals surface area contributed by atoms with Crippen LogP contribution in [0.15, 0.2) is 65.9 Å². The lowest BCUT2D eigenvalue weighted by Crippen LogP contribution is -2.54. The van der Waals surface area contributed by atoms with Crippen molar-refractivity contribution in [1.82, 2.24) is 35.9 Å². The van der Waals surface area contributed by atoms with E-state index in [1.54, 1.807) is 26.2 Å². The number of rotatable bonds is 19. The first-order valence-electron chi connectivity index (χ1n) is 18.3. The van der Waals surface area contributed by atoms with Crippen molar-refractivity contribution in [3.8, 4) is 33.6 Å². The summed E-state index contributed by atoms with van der Waals surface area (Å²) in [5.74, 6) is 0.449. The summed E-state index contributed by atoms with van der Waals surface area (Å²) in [6, 6.07) is 13.5. The quantitative estimate of drug-likeness (QED) is 0.0349. The largest absolute Gasteiger partial charge is 0.453 e. The molecule has 56 heavy (non-hydrogen) atoms. The molecule has 16 nitrogen and oxygen atoms in total. The minimum absolute atomic E-state index is 0.0176. The van der Waals surface area contributed by atoms with Gasteiger partial charge in [0.2, 0.25) is 18.2 Å². The molecule has 0 fully saturated rings. The number of aromatic amines is 2. The van der Waals surface area contributed by atoms with E-state index in [4.69, 9.17) is 19.1 Å². The number of carbonyl (C=O) groups is 3. The van der Waals surface area contributed by atoms with E-state index in [1.807, 2.05) is 76.2 Å². The normalized spacial score (nSPS) is 14.9. The molecule has 16 heteroatoms. The first-order chi connectivity index (χ1) is 26.8. The third kappa shape index (κ3) is 11.0. The van der Waals surface area contributed by atoms with E-state index in [9.17, 15) is 14.4 Å². The van der Waals surface area contributed by atoms with Gasteiger partial charge in [-0.15, -0.1) is 0 Å². The Hall–Kier alpha value is -5.58. The molecule has 0 saturated carbocycles. The monoisotopic (exact) mass is 774 g/mol. The molecule has 2 heterocycles. The average molecular weight is 775 g/mol. The van der Waals surface area contributed by atoms with Gasteiger partial charge in [-0.2, -0.15) is 4.89 Å². The number of hydrogen-bond acceptors (Lipinski definition) is 11. The molecule has 0 spiro atoms. The second kappa shape index (κ2) is 20.4. The Labute approximate surface area is 327 Å². The number of nitrogens with one attached hydrogen (secondary N) is 5. The van der Waals surface area contributed by atoms with Crippen LogP contribution in [0.4, 0.5) is 4.79 Å². The zero-order valence-corrected chi connectivity index (χ0v) is 33.6. The molecule has 6 atom stereocenters. The second-order valence-corrected chi connectivity index (χ2v) is 13.9. The highest BCUT2D eigenvalue weighted by Gasteiger charge is 2.32. The van der Waals surface area contributed by atoms with E-state index >= 15 is 0 Å². The summed E-state index contributed by atoms with van der Waals surface area (Å²) in [7, 11) is 5.56. The second-order valence-electron chi connectivity index (χ2n) is 13.9. The SMILES string of the molecule is COOC=N[C@H](C(=O)N[C@@H](c1ncc(-c2ccc(-c3ccc(-c4cnc([C@H](NC(=O)[C@@H](NC(=O)OC)[C@@H](C)OC)C(C)C)[nH]4)cc3)cc2)[nH]1)C(C)C)[C@@H](C)OC. The predicted molar refractivity (Wildman–Crippen MR) is 211 cm³/mol. The number of aromatic nitrogens is 4. The van der Waals surface area contributed by atoms with Gasteiger partial charge in [0.15, 0.2) is 6.04 Å². The van der Waals surface area contributed by atoms with Gasteiger partial charge in [-0.25, -0.2) is 19.8 Å². The minimum Gasteiger partial charge on any atom is -0.453 e. The summed E-state index contributed by atoms with van der Waals surface area (Å²) in [4.78, 5) is 67.8. The van der Waals surface area contributed by atoms with Crippen molar-refractivity contribution >= 4 is 24.3 Å². The fraction of sp³-hybridized carbons (Fsp3) is 0.450. The number of methoxy groups -OCH3 is 3. The molecule has 2 aromatic carbocycles. The maximum atomic E-state index is 13.3. The summed E-state index contributed by atoms with van der Waals surface area (Å²) in [6.07, 6.45) is 2.73. The van der Waals surface area contributed by atoms with Crippen molar-refractivity contribution in [1.29, 1.82) is 0 Å². The number of alkyl carbamates (subject to hydrolysis) is 1. The number of imidazole rings is 2. The van der Waals surface area contributed by atoms with Crippen LogP contribution in [0.1, 0.15) is 65.3 Å². The summed E-state index contributed by atoms with van der Waals surface area (Å²) in [5.41, 5.74) is 5.51. The van der Waals surface area contributed by atoms with Crippen molar-refractivity contribution in [2.24, 2.45) is 16.8 Å². The third-order valence-corrected chi connectivity index (χ3v) is 9.46. The molecule has 5 N–H and O–H groups in total. The van der Waals surface area contributed by atoms with Gasteiger partial charge in [0.05, 0.1) is 62.3 Å². The van der Waals surface area contributed by atoms with Crippen LogP contribution in [0.25, 0.3) is 33.6 Å². The van der Waals surface area contributed by atoms with Gasteiger partial charge >= 0.3 is 6.09 Å². The molecule has 2 aromatic heterocycles. The molecule has 0 radical (unpaired) electrons. The van der Waals surface area contributed by atoms with Crippen LogP contribution < -0.4 is 16.0 Å². The Morgan fingerprint density at radius 2 is 1.09 bits per heavy atom. The zero-order chi connectivity index (χ0) is 40.9. The lowest BCUT2D eigenvalue weighted by atomic mass is 10.0. The van der Waals surface area contributed by atoms with Crippen molar-refractivity contribution in [3.63, 3.8) is 0 Å². The van der Waals surface area contributed by atoms with Crippen molar-refractivity contribution < 1.29 is 38.4 Å². The van der Waals surface area contributed by atoms with Crippen LogP contribution in [-0.4, -0.2) is 97.0 Å². The molecule has 0 aliphatic carbocycles. The molecule has 0 aliphatic heterocycles. The Morgan fingerprint density at radius 1 is 0.643 bits per heavy atom. The number of aliphatic imine (C=N–C) groups is 1. The molecule has 0 bridgehead atoms. The number of amides is 3. The van der Waals surface area contributed by atoms with Crippen LogP contribution in [0.2, 0.25) is 0 Å². The van der Waals surface area contributed by atoms with Gasteiger partial charge in [-0.05, 0) is 47.9 Å². The number of H-pyrrole nitrogens is 2. The van der Waals surface area contributed by atoms with E-state index in [0.29, 0.717) is 11.6 Å². The van der Waals surface area contributed by atoms with E-state index < -0.39 is 48.4 Å². The van der Waals surface area contributed by atoms with Crippen LogP contribution in [-0.2, 0) is 33.6 Å². The standard InChI is InChI=1S/C40H54N8O8/c1-22(2)32(46-38(49)34(24(5)52-7)43-21-56-55-10)36-41-19-30(44-36)28-15-11-26(12-16-28)27-13-17-29(18-14-27)31-20-42-37(45-31)33(23(3)4)47-39(50)35(25(6)53-8)48-40(51)54-9/h11-25,32-35H,1-10H3,(H,41,44)(H,42,45)(H,46,49)(H,47,50)(H,48,51)/t24-,25-,32-,33-,34+,35+/m1/s1. The van der Waals surface area contributed by atoms with Gasteiger partial charge in [-0.1, -0.05) is 76.2 Å². The van der Waals surface area contributed by atoms with E-state index in [-0.39, 0.29) is 17.7 Å². The lowest BCUT2D eigenvalue weighted by molar-refractivity contribution is -0.188. The van der Waals surface area contributed by atoms with Crippen LogP contribution in [0.3, 0.4) is 0 Å². The van der Waals surface area contributed by atoms with Crippen LogP contribution >= 0.6 is 0 Å². The molecular formula is C40H54N8O8. The van der Waals surface area contributed by atoms with Gasteiger partial charge in [0.1, 0.15) is 17.7 Å². The molecule has 3 amide bonds. The maximum Gasteiger partial charge on any atom is 0.407 e. The molecular weight excluding hydrogens is 720 g/mol. The van der Waals surface area contributed by atoms with Crippen LogP contribution in [0, 0.1) is 11.8 Å². The summed E-state index contributed by atoms with van der Waals surface area (Å²) in [5, 5.41) is 8.60. The Bertz CT molecular complexity index is 1890. The maximum absolute atomic E-state index is 13.3. The smallest absolute Gasteiger partial charge is 0.407 e. The number of nitrogens with zero attached hydrogens (tertiary/aromatic N) is 3. The summed E-state index contributed by atoms with van der Waals surface area (Å²) < 4.78 is 15.4. The highest BCUT2D eigenvalue weighted by Crippen LogP contribution is 2.29. The van der Waals surface area contributed by atoms with E-state index in [2.05, 4.69) is 45.8 Å². The van der Waals surface area contributed by atoms with Crippen LogP contribution in [0.5, 0.6) is 0 Å². The van der Waals surface area contributed by atoms with Gasteiger partial charge in [0, 0.05) is 14.2 Å². The average Bonchev–Trinajstić information content (AvgIpc) is 3.90. The summed E-state index contributed by atoms with van der Waals surface area (Å²) >= 11 is 0. The van der Waals surface area contributed by atoms with Crippen molar-refractivity contribution in [2.75, 3.05) is 28.4 Å². The molecule has 0 aliphatic rings. The van der Waals surface area contributed by atoms with Crippen molar-refractivity contribution in [3.05, 3.63) is 72.6 Å². The fourth-order valence-electron chi connectivity index (χ4n) is 5.93. The fourth-order valence-corrected chi connectivity index (χ4v) is 5.93. The van der Waals surface area contributed by atoms with E-state index in [0.717, 1.165) is 40.0 Å². The van der Waals surface area contributed by atoms with E-state index in [1.165, 1.54) is 28.4 Å². The topological polar surface area (TPSA) is 203 Å². The zero-order valence-electron chi connectivity index (χ0n) is 33.6. The molecule has 302 valence electrons. The first kappa shape index (κ1) is 43.2. The third-order valence-electron chi connectivity index (χ3n) is 9.46. The van der Waals surface area contributed by atoms with Crippen molar-refractivity contribution in [2.45, 2.75) is 77.9 Å². The molecule has 0 saturated heterocycles. The Balaban J connectivity index is 1.45. The lowest BCUT2D eigenvalue weighted by Gasteiger charge is -2.27. The number of benzene rings is 2. The summed E-state index contributed by atoms with van der Waals surface area (Å²) in [6.45, 7) is 11.4. The van der Waals surface area contributed by atoms with Gasteiger partial charge < -0.3 is 45.0 Å². The Kier molecular flexibility index (Phi) is 15.7. The number of hydrogen-bond donors (Lipinski definition) is 5. The first-order valence-corrected chi connectivity index (χ1v) is 18.3.